The lowest BCUT2D eigenvalue weighted by Gasteiger charge is -2.18. The molecule has 25 heavy (non-hydrogen) atoms. The predicted octanol–water partition coefficient (Wildman–Crippen LogP) is 2.52. The van der Waals surface area contributed by atoms with Crippen LogP contribution in [-0.2, 0) is 11.3 Å². The first kappa shape index (κ1) is 18.7. The Labute approximate surface area is 149 Å². The number of hydrogen-bond acceptors (Lipinski definition) is 4. The molecule has 2 rings (SSSR count). The second-order valence-corrected chi connectivity index (χ2v) is 6.84. The number of carbonyl (C=O) groups is 3. The highest BCUT2D eigenvalue weighted by Crippen LogP contribution is 2.10. The van der Waals surface area contributed by atoms with Crippen LogP contribution in [0.2, 0.25) is 0 Å². The maximum atomic E-state index is 12.2. The fourth-order valence-electron chi connectivity index (χ4n) is 2.19. The number of nitrogens with one attached hydrogen (secondary N) is 2. The number of thiophene rings is 1. The molecule has 0 bridgehead atoms. The minimum Gasteiger partial charge on any atom is -0.480 e. The van der Waals surface area contributed by atoms with Gasteiger partial charge in [0.2, 0.25) is 0 Å². The van der Waals surface area contributed by atoms with Gasteiger partial charge >= 0.3 is 5.97 Å². The first-order valence-electron chi connectivity index (χ1n) is 7.83. The topological polar surface area (TPSA) is 95.5 Å². The summed E-state index contributed by atoms with van der Waals surface area (Å²) in [6.07, 6.45) is 0. The zero-order valence-corrected chi connectivity index (χ0v) is 14.8. The molecule has 1 atom stereocenters. The summed E-state index contributed by atoms with van der Waals surface area (Å²) in [6.45, 7) is 3.82. The zero-order chi connectivity index (χ0) is 18.4. The highest BCUT2D eigenvalue weighted by molar-refractivity contribution is 7.12. The van der Waals surface area contributed by atoms with Gasteiger partial charge < -0.3 is 15.7 Å². The molecular weight excluding hydrogens is 340 g/mol. The minimum atomic E-state index is -1.06. The zero-order valence-electron chi connectivity index (χ0n) is 14.0. The van der Waals surface area contributed by atoms with Gasteiger partial charge in [-0.15, -0.1) is 11.3 Å². The van der Waals surface area contributed by atoms with Crippen LogP contribution in [0.3, 0.4) is 0 Å². The Balaban J connectivity index is 1.93. The summed E-state index contributed by atoms with van der Waals surface area (Å²) in [7, 11) is 0. The molecule has 132 valence electrons. The molecule has 0 spiro atoms. The van der Waals surface area contributed by atoms with Crippen molar-refractivity contribution in [1.29, 1.82) is 0 Å². The van der Waals surface area contributed by atoms with E-state index in [9.17, 15) is 14.4 Å². The van der Waals surface area contributed by atoms with Gasteiger partial charge in [-0.3, -0.25) is 9.59 Å². The Hall–Kier alpha value is -2.67. The third kappa shape index (κ3) is 5.15. The molecule has 0 radical (unpaired) electrons. The molecule has 0 saturated carbocycles. The Morgan fingerprint density at radius 1 is 1.08 bits per heavy atom. The third-order valence-electron chi connectivity index (χ3n) is 3.63. The molecule has 0 saturated heterocycles. The summed E-state index contributed by atoms with van der Waals surface area (Å²) in [5.74, 6) is -1.85. The number of hydrogen-bond donors (Lipinski definition) is 3. The number of benzene rings is 1. The first-order chi connectivity index (χ1) is 11.9. The average Bonchev–Trinajstić information content (AvgIpc) is 3.11. The summed E-state index contributed by atoms with van der Waals surface area (Å²) < 4.78 is 0. The van der Waals surface area contributed by atoms with Crippen LogP contribution in [0.25, 0.3) is 0 Å². The highest BCUT2D eigenvalue weighted by atomic mass is 32.1. The third-order valence-corrected chi connectivity index (χ3v) is 4.50. The van der Waals surface area contributed by atoms with E-state index in [0.717, 1.165) is 5.56 Å². The number of amides is 2. The molecule has 3 N–H and O–H groups in total. The van der Waals surface area contributed by atoms with Crippen LogP contribution in [0.15, 0.2) is 41.8 Å². The van der Waals surface area contributed by atoms with Crippen molar-refractivity contribution in [2.45, 2.75) is 26.4 Å². The fourth-order valence-corrected chi connectivity index (χ4v) is 2.83. The van der Waals surface area contributed by atoms with Gasteiger partial charge in [0.25, 0.3) is 11.8 Å². The Kier molecular flexibility index (Phi) is 6.30. The van der Waals surface area contributed by atoms with Gasteiger partial charge in [0.1, 0.15) is 6.04 Å². The van der Waals surface area contributed by atoms with E-state index in [1.165, 1.54) is 11.3 Å². The van der Waals surface area contributed by atoms with E-state index in [-0.39, 0.29) is 11.8 Å². The smallest absolute Gasteiger partial charge is 0.326 e. The second kappa shape index (κ2) is 8.43. The summed E-state index contributed by atoms with van der Waals surface area (Å²) in [6, 6.07) is 9.32. The summed E-state index contributed by atoms with van der Waals surface area (Å²) >= 11 is 1.37. The quantitative estimate of drug-likeness (QED) is 0.707. The van der Waals surface area contributed by atoms with Gasteiger partial charge in [0.05, 0.1) is 4.88 Å². The Morgan fingerprint density at radius 3 is 2.28 bits per heavy atom. The Bertz CT molecular complexity index is 739. The summed E-state index contributed by atoms with van der Waals surface area (Å²) in [5.41, 5.74) is 1.22. The summed E-state index contributed by atoms with van der Waals surface area (Å²) in [5, 5.41) is 16.3. The molecule has 0 aliphatic carbocycles. The molecule has 1 aromatic heterocycles. The molecule has 2 amide bonds. The molecule has 1 unspecified atom stereocenters. The number of carboxylic acids is 1. The molecule has 0 aliphatic rings. The molecule has 1 heterocycles. The highest BCUT2D eigenvalue weighted by Gasteiger charge is 2.23. The van der Waals surface area contributed by atoms with Gasteiger partial charge in [0.15, 0.2) is 0 Å². The molecule has 6 nitrogen and oxygen atoms in total. The van der Waals surface area contributed by atoms with Gasteiger partial charge in [-0.2, -0.15) is 0 Å². The van der Waals surface area contributed by atoms with Crippen LogP contribution >= 0.6 is 11.3 Å². The van der Waals surface area contributed by atoms with Crippen LogP contribution in [-0.4, -0.2) is 28.9 Å². The monoisotopic (exact) mass is 360 g/mol. The minimum absolute atomic E-state index is 0.141. The van der Waals surface area contributed by atoms with E-state index in [1.807, 2.05) is 11.4 Å². The lowest BCUT2D eigenvalue weighted by Crippen LogP contribution is -2.44. The van der Waals surface area contributed by atoms with Crippen molar-refractivity contribution in [2.24, 2.45) is 5.92 Å². The normalized spacial score (nSPS) is 11.8. The van der Waals surface area contributed by atoms with Gasteiger partial charge in [-0.05, 0) is 35.1 Å². The fraction of sp³-hybridized carbons (Fsp3) is 0.278. The molecular formula is C18H20N2O4S. The SMILES string of the molecule is CC(C)C(NC(=O)c1ccc(CNC(=O)c2cccs2)cc1)C(=O)O. The van der Waals surface area contributed by atoms with Crippen molar-refractivity contribution >= 4 is 29.1 Å². The van der Waals surface area contributed by atoms with Crippen LogP contribution in [0, 0.1) is 5.92 Å². The van der Waals surface area contributed by atoms with Crippen molar-refractivity contribution < 1.29 is 19.5 Å². The summed E-state index contributed by atoms with van der Waals surface area (Å²) in [4.78, 5) is 35.8. The Morgan fingerprint density at radius 2 is 1.76 bits per heavy atom. The maximum Gasteiger partial charge on any atom is 0.326 e. The van der Waals surface area contributed by atoms with Gasteiger partial charge in [-0.25, -0.2) is 4.79 Å². The van der Waals surface area contributed by atoms with Crippen molar-refractivity contribution in [2.75, 3.05) is 0 Å². The first-order valence-corrected chi connectivity index (χ1v) is 8.70. The number of carbonyl (C=O) groups excluding carboxylic acids is 2. The van der Waals surface area contributed by atoms with Gasteiger partial charge in [-0.1, -0.05) is 32.0 Å². The predicted molar refractivity (Wildman–Crippen MR) is 95.7 cm³/mol. The van der Waals surface area contributed by atoms with Crippen molar-refractivity contribution in [1.82, 2.24) is 10.6 Å². The maximum absolute atomic E-state index is 12.2. The van der Waals surface area contributed by atoms with E-state index >= 15 is 0 Å². The van der Waals surface area contributed by atoms with Gasteiger partial charge in [0, 0.05) is 12.1 Å². The lowest BCUT2D eigenvalue weighted by atomic mass is 10.0. The van der Waals surface area contributed by atoms with E-state index in [4.69, 9.17) is 5.11 Å². The van der Waals surface area contributed by atoms with E-state index in [0.29, 0.717) is 17.0 Å². The van der Waals surface area contributed by atoms with E-state index in [1.54, 1.807) is 44.2 Å². The van der Waals surface area contributed by atoms with Crippen molar-refractivity contribution in [3.63, 3.8) is 0 Å². The molecule has 1 aromatic carbocycles. The van der Waals surface area contributed by atoms with Crippen LogP contribution in [0.4, 0.5) is 0 Å². The number of rotatable bonds is 7. The van der Waals surface area contributed by atoms with Crippen LogP contribution in [0.5, 0.6) is 0 Å². The number of aliphatic carboxylic acids is 1. The molecule has 2 aromatic rings. The largest absolute Gasteiger partial charge is 0.480 e. The average molecular weight is 360 g/mol. The van der Waals surface area contributed by atoms with Crippen LogP contribution in [0.1, 0.15) is 39.4 Å². The van der Waals surface area contributed by atoms with E-state index < -0.39 is 17.9 Å². The molecule has 0 aliphatic heterocycles. The van der Waals surface area contributed by atoms with Crippen LogP contribution < -0.4 is 10.6 Å². The lowest BCUT2D eigenvalue weighted by molar-refractivity contribution is -0.140. The number of carboxylic acid groups (broad SMARTS) is 1. The molecule has 0 fully saturated rings. The van der Waals surface area contributed by atoms with E-state index in [2.05, 4.69) is 10.6 Å². The van der Waals surface area contributed by atoms with Crippen molar-refractivity contribution in [3.8, 4) is 0 Å². The second-order valence-electron chi connectivity index (χ2n) is 5.89. The van der Waals surface area contributed by atoms with Crippen molar-refractivity contribution in [3.05, 3.63) is 57.8 Å². The molecule has 7 heteroatoms. The standard InChI is InChI=1S/C18H20N2O4S/c1-11(2)15(18(23)24)20-16(21)13-7-5-12(6-8-13)10-19-17(22)14-4-3-9-25-14/h3-9,11,15H,10H2,1-2H3,(H,19,22)(H,20,21)(H,23,24).